The number of para-hydroxylation sites is 1. The lowest BCUT2D eigenvalue weighted by Crippen LogP contribution is -2.14. The van der Waals surface area contributed by atoms with Crippen LogP contribution in [0.4, 0.5) is 17.1 Å². The highest BCUT2D eigenvalue weighted by Crippen LogP contribution is 2.41. The topological polar surface area (TPSA) is 138 Å². The van der Waals surface area contributed by atoms with Gasteiger partial charge in [0.2, 0.25) is 0 Å². The van der Waals surface area contributed by atoms with Crippen molar-refractivity contribution in [3.8, 4) is 11.5 Å². The number of ether oxygens (including phenoxy) is 1. The quantitative estimate of drug-likeness (QED) is 0.155. The third-order valence-electron chi connectivity index (χ3n) is 5.59. The van der Waals surface area contributed by atoms with Gasteiger partial charge >= 0.3 is 0 Å². The predicted octanol–water partition coefficient (Wildman–Crippen LogP) is 7.47. The molecule has 3 N–H and O–H groups in total. The molecule has 12 heteroatoms. The predicted molar refractivity (Wildman–Crippen MR) is 146 cm³/mol. The Bertz CT molecular complexity index is 1710. The number of phenols is 1. The summed E-state index contributed by atoms with van der Waals surface area (Å²) in [6, 6.07) is 15.9. The van der Waals surface area contributed by atoms with Crippen LogP contribution in [0, 0.1) is 6.92 Å². The second-order valence-corrected chi connectivity index (χ2v) is 10.2. The minimum Gasteiger partial charge on any atom is -0.505 e. The molecule has 0 heterocycles. The molecule has 0 saturated carbocycles. The first-order valence-corrected chi connectivity index (χ1v) is 13.4. The van der Waals surface area contributed by atoms with E-state index in [1.165, 1.54) is 25.1 Å². The second-order valence-electron chi connectivity index (χ2n) is 8.04. The van der Waals surface area contributed by atoms with Crippen molar-refractivity contribution in [3.63, 3.8) is 0 Å². The van der Waals surface area contributed by atoms with Crippen LogP contribution in [0.25, 0.3) is 10.8 Å². The molecule has 4 aromatic carbocycles. The van der Waals surface area contributed by atoms with E-state index in [4.69, 9.17) is 27.9 Å². The molecule has 4 rings (SSSR count). The highest BCUT2D eigenvalue weighted by Gasteiger charge is 2.23. The number of rotatable bonds is 7. The number of hydrogen-bond acceptors (Lipinski definition) is 7. The van der Waals surface area contributed by atoms with E-state index in [1.807, 2.05) is 0 Å². The number of phenolic OH excluding ortho intramolecular Hbond substituents is 1. The molecule has 0 spiro atoms. The lowest BCUT2D eigenvalue weighted by molar-refractivity contribution is 0.102. The maximum absolute atomic E-state index is 13.3. The molecule has 0 atom stereocenters. The number of carbonyl (C=O) groups excluding carboxylic acids is 1. The van der Waals surface area contributed by atoms with Crippen LogP contribution in [-0.2, 0) is 10.1 Å². The van der Waals surface area contributed by atoms with Crippen LogP contribution in [0.15, 0.2) is 75.8 Å². The minimum atomic E-state index is -4.70. The zero-order chi connectivity index (χ0) is 27.6. The normalized spacial score (nSPS) is 11.7. The van der Waals surface area contributed by atoms with Gasteiger partial charge < -0.3 is 15.2 Å². The third kappa shape index (κ3) is 5.44. The van der Waals surface area contributed by atoms with E-state index in [0.29, 0.717) is 23.1 Å². The number of carbonyl (C=O) groups is 1. The number of halogens is 2. The van der Waals surface area contributed by atoms with Gasteiger partial charge in [0.1, 0.15) is 27.7 Å². The summed E-state index contributed by atoms with van der Waals surface area (Å²) >= 11 is 12.3. The number of nitrogens with zero attached hydrogens (tertiary/aromatic N) is 2. The van der Waals surface area contributed by atoms with Crippen molar-refractivity contribution < 1.29 is 27.6 Å². The monoisotopic (exact) mass is 573 g/mol. The summed E-state index contributed by atoms with van der Waals surface area (Å²) < 4.78 is 39.3. The van der Waals surface area contributed by atoms with Crippen LogP contribution in [0.5, 0.6) is 11.5 Å². The van der Waals surface area contributed by atoms with Crippen LogP contribution in [0.3, 0.4) is 0 Å². The van der Waals surface area contributed by atoms with E-state index in [-0.39, 0.29) is 38.2 Å². The number of hydrogen-bond donors (Lipinski definition) is 3. The van der Waals surface area contributed by atoms with Crippen molar-refractivity contribution in [2.45, 2.75) is 18.7 Å². The number of aromatic hydroxyl groups is 1. The molecule has 9 nitrogen and oxygen atoms in total. The Kier molecular flexibility index (Phi) is 7.89. The zero-order valence-electron chi connectivity index (χ0n) is 20.1. The Morgan fingerprint density at radius 1 is 1.03 bits per heavy atom. The van der Waals surface area contributed by atoms with Gasteiger partial charge in [0.25, 0.3) is 16.0 Å². The smallest absolute Gasteiger partial charge is 0.297 e. The molecular weight excluding hydrogens is 553 g/mol. The zero-order valence-corrected chi connectivity index (χ0v) is 22.4. The molecule has 1 amide bonds. The van der Waals surface area contributed by atoms with Gasteiger partial charge in [-0.15, -0.1) is 10.2 Å². The lowest BCUT2D eigenvalue weighted by Gasteiger charge is -2.15. The van der Waals surface area contributed by atoms with Crippen molar-refractivity contribution in [1.29, 1.82) is 0 Å². The Balaban J connectivity index is 1.85. The second kappa shape index (κ2) is 11.0. The van der Waals surface area contributed by atoms with E-state index in [9.17, 15) is 22.9 Å². The van der Waals surface area contributed by atoms with E-state index in [1.54, 1.807) is 49.4 Å². The van der Waals surface area contributed by atoms with Crippen LogP contribution >= 0.6 is 23.2 Å². The van der Waals surface area contributed by atoms with Gasteiger partial charge in [0.15, 0.2) is 5.75 Å². The molecular formula is C26H21Cl2N3O6S. The van der Waals surface area contributed by atoms with Gasteiger partial charge in [0.05, 0.1) is 17.2 Å². The van der Waals surface area contributed by atoms with Gasteiger partial charge in [0, 0.05) is 10.4 Å². The molecule has 0 aromatic heterocycles. The molecule has 0 fully saturated rings. The number of nitrogens with one attached hydrogen (secondary N) is 1. The number of anilines is 1. The first kappa shape index (κ1) is 27.3. The van der Waals surface area contributed by atoms with E-state index in [0.717, 1.165) is 0 Å². The molecule has 0 radical (unpaired) electrons. The third-order valence-corrected chi connectivity index (χ3v) is 7.34. The fourth-order valence-electron chi connectivity index (χ4n) is 3.84. The first-order valence-electron chi connectivity index (χ1n) is 11.2. The highest BCUT2D eigenvalue weighted by molar-refractivity contribution is 7.86. The number of benzene rings is 4. The molecule has 0 saturated heterocycles. The van der Waals surface area contributed by atoms with Crippen molar-refractivity contribution in [2.24, 2.45) is 10.2 Å². The Morgan fingerprint density at radius 2 is 1.76 bits per heavy atom. The van der Waals surface area contributed by atoms with E-state index < -0.39 is 26.7 Å². The van der Waals surface area contributed by atoms with Crippen molar-refractivity contribution in [3.05, 3.63) is 81.8 Å². The summed E-state index contributed by atoms with van der Waals surface area (Å²) in [5.41, 5.74) is -0.123. The SMILES string of the molecule is CCOc1cccc(Cl)c1NC(=O)c1cc2ccccc2c(N=Nc2ccc(Cl)c(C)c2S(=O)(=O)O)c1O. The van der Waals surface area contributed by atoms with Gasteiger partial charge in [-0.05, 0) is 55.1 Å². The van der Waals surface area contributed by atoms with Gasteiger partial charge in [-0.25, -0.2) is 0 Å². The van der Waals surface area contributed by atoms with Crippen molar-refractivity contribution in [1.82, 2.24) is 0 Å². The lowest BCUT2D eigenvalue weighted by atomic mass is 10.0. The first-order chi connectivity index (χ1) is 18.0. The molecule has 0 aliphatic heterocycles. The number of amides is 1. The van der Waals surface area contributed by atoms with Gasteiger partial charge in [-0.2, -0.15) is 8.42 Å². The van der Waals surface area contributed by atoms with Crippen LogP contribution in [0.1, 0.15) is 22.8 Å². The fourth-order valence-corrected chi connectivity index (χ4v) is 5.13. The summed E-state index contributed by atoms with van der Waals surface area (Å²) in [7, 11) is -4.70. The van der Waals surface area contributed by atoms with E-state index >= 15 is 0 Å². The number of azo groups is 1. The Hall–Kier alpha value is -3.70. The minimum absolute atomic E-state index is 0.0812. The average molecular weight is 574 g/mol. The molecule has 0 aliphatic rings. The molecule has 0 aliphatic carbocycles. The van der Waals surface area contributed by atoms with E-state index in [2.05, 4.69) is 15.5 Å². The molecule has 4 aromatic rings. The molecule has 38 heavy (non-hydrogen) atoms. The van der Waals surface area contributed by atoms with Crippen LogP contribution in [-0.4, -0.2) is 30.6 Å². The van der Waals surface area contributed by atoms with Gasteiger partial charge in [-0.1, -0.05) is 53.5 Å². The summed E-state index contributed by atoms with van der Waals surface area (Å²) in [5.74, 6) is -0.849. The summed E-state index contributed by atoms with van der Waals surface area (Å²) in [6.07, 6.45) is 0. The largest absolute Gasteiger partial charge is 0.505 e. The Labute approximate surface area is 228 Å². The maximum atomic E-state index is 13.3. The highest BCUT2D eigenvalue weighted by atomic mass is 35.5. The number of fused-ring (bicyclic) bond motifs is 1. The van der Waals surface area contributed by atoms with Crippen molar-refractivity contribution in [2.75, 3.05) is 11.9 Å². The summed E-state index contributed by atoms with van der Waals surface area (Å²) in [5, 5.41) is 23.2. The summed E-state index contributed by atoms with van der Waals surface area (Å²) in [6.45, 7) is 3.53. The van der Waals surface area contributed by atoms with Gasteiger partial charge in [-0.3, -0.25) is 9.35 Å². The van der Waals surface area contributed by atoms with Crippen molar-refractivity contribution >= 4 is 67.1 Å². The fraction of sp³-hybridized carbons (Fsp3) is 0.115. The van der Waals surface area contributed by atoms with Crippen LogP contribution in [0.2, 0.25) is 10.0 Å². The average Bonchev–Trinajstić information content (AvgIpc) is 2.86. The molecule has 0 bridgehead atoms. The summed E-state index contributed by atoms with van der Waals surface area (Å²) in [4.78, 5) is 12.8. The van der Waals surface area contributed by atoms with Crippen LogP contribution < -0.4 is 10.1 Å². The maximum Gasteiger partial charge on any atom is 0.297 e. The standard InChI is InChI=1S/C26H21Cl2N3O6S/c1-3-37-21-10-6-9-19(28)23(21)29-26(33)17-13-15-7-4-5-8-16(15)22(24(17)32)31-30-20-12-11-18(27)14(2)25(20)38(34,35)36/h4-13,32H,3H2,1-2H3,(H,29,33)(H,34,35,36). The molecule has 0 unspecified atom stereocenters. The molecule has 196 valence electrons. The Morgan fingerprint density at radius 3 is 2.47 bits per heavy atom.